The first-order valence-electron chi connectivity index (χ1n) is 11.2. The molecule has 0 saturated heterocycles. The van der Waals surface area contributed by atoms with Crippen LogP contribution < -0.4 is 24.4 Å². The molecule has 0 unspecified atom stereocenters. The molecule has 3 aromatic rings. The molecule has 0 aromatic heterocycles. The summed E-state index contributed by atoms with van der Waals surface area (Å²) >= 11 is 0. The molecule has 0 bridgehead atoms. The van der Waals surface area contributed by atoms with E-state index in [-0.39, 0.29) is 11.7 Å². The number of hydrogen-bond donors (Lipinski definition) is 1. The molecule has 0 aliphatic carbocycles. The first-order chi connectivity index (χ1) is 17.0. The highest BCUT2D eigenvalue weighted by Gasteiger charge is 2.13. The number of amides is 1. The summed E-state index contributed by atoms with van der Waals surface area (Å²) in [6.07, 6.45) is 2.38. The maximum Gasteiger partial charge on any atom is 0.343 e. The Balaban J connectivity index is 1.65. The van der Waals surface area contributed by atoms with Crippen LogP contribution in [0.4, 0.5) is 0 Å². The quantitative estimate of drug-likeness (QED) is 0.184. The van der Waals surface area contributed by atoms with E-state index in [1.165, 1.54) is 6.21 Å². The Labute approximate surface area is 204 Å². The van der Waals surface area contributed by atoms with Crippen LogP contribution >= 0.6 is 0 Å². The van der Waals surface area contributed by atoms with Gasteiger partial charge in [-0.3, -0.25) is 4.79 Å². The number of hydrazone groups is 1. The monoisotopic (exact) mass is 476 g/mol. The van der Waals surface area contributed by atoms with Crippen LogP contribution in [-0.4, -0.2) is 38.4 Å². The molecule has 0 atom stereocenters. The lowest BCUT2D eigenvalue weighted by Crippen LogP contribution is -2.17. The van der Waals surface area contributed by atoms with Gasteiger partial charge in [0.05, 0.1) is 32.1 Å². The average molecular weight is 477 g/mol. The van der Waals surface area contributed by atoms with Gasteiger partial charge in [0.1, 0.15) is 11.5 Å². The van der Waals surface area contributed by atoms with Gasteiger partial charge in [-0.2, -0.15) is 5.10 Å². The van der Waals surface area contributed by atoms with E-state index in [1.54, 1.807) is 73.8 Å². The molecule has 182 valence electrons. The molecule has 8 nitrogen and oxygen atoms in total. The zero-order valence-corrected chi connectivity index (χ0v) is 19.9. The smallest absolute Gasteiger partial charge is 0.343 e. The summed E-state index contributed by atoms with van der Waals surface area (Å²) in [5.41, 5.74) is 3.97. The van der Waals surface area contributed by atoms with Crippen LogP contribution in [0.5, 0.6) is 23.0 Å². The number of benzene rings is 3. The van der Waals surface area contributed by atoms with Gasteiger partial charge in [0.25, 0.3) is 5.91 Å². The predicted octanol–water partition coefficient (Wildman–Crippen LogP) is 4.87. The van der Waals surface area contributed by atoms with Crippen molar-refractivity contribution in [1.29, 1.82) is 0 Å². The first-order valence-corrected chi connectivity index (χ1v) is 11.2. The maximum absolute atomic E-state index is 12.6. The van der Waals surface area contributed by atoms with Crippen LogP contribution in [0.3, 0.4) is 0 Å². The second kappa shape index (κ2) is 12.8. The molecule has 35 heavy (non-hydrogen) atoms. The van der Waals surface area contributed by atoms with Gasteiger partial charge in [0.15, 0.2) is 11.5 Å². The molecule has 0 saturated carbocycles. The van der Waals surface area contributed by atoms with Crippen LogP contribution in [0.1, 0.15) is 46.5 Å². The molecule has 1 amide bonds. The largest absolute Gasteiger partial charge is 0.497 e. The van der Waals surface area contributed by atoms with Crippen LogP contribution in [0.15, 0.2) is 71.8 Å². The highest BCUT2D eigenvalue weighted by atomic mass is 16.6. The first kappa shape index (κ1) is 25.3. The van der Waals surface area contributed by atoms with Crippen LogP contribution in [0, 0.1) is 0 Å². The molecular formula is C27H28N2O6. The standard InChI is InChI=1S/C27H28N2O6/c1-4-16-34-23-13-9-21(10-14-23)27(31)35-24-15-6-19(17-25(24)33-5-2)18-28-29-26(30)20-7-11-22(32-3)12-8-20/h6-15,17-18H,4-5,16H2,1-3H3,(H,29,30). The third kappa shape index (κ3) is 7.33. The molecule has 3 aromatic carbocycles. The van der Waals surface area contributed by atoms with Crippen LogP contribution in [0.2, 0.25) is 0 Å². The molecule has 0 spiro atoms. The summed E-state index contributed by atoms with van der Waals surface area (Å²) in [5.74, 6) is 1.15. The summed E-state index contributed by atoms with van der Waals surface area (Å²) in [4.78, 5) is 24.8. The van der Waals surface area contributed by atoms with E-state index >= 15 is 0 Å². The summed E-state index contributed by atoms with van der Waals surface area (Å²) in [6, 6.07) is 18.5. The Morgan fingerprint density at radius 2 is 1.54 bits per heavy atom. The van der Waals surface area contributed by atoms with E-state index in [0.29, 0.717) is 47.2 Å². The minimum absolute atomic E-state index is 0.280. The number of nitrogens with zero attached hydrogens (tertiary/aromatic N) is 1. The highest BCUT2D eigenvalue weighted by Crippen LogP contribution is 2.29. The second-order valence-electron chi connectivity index (χ2n) is 7.33. The van der Waals surface area contributed by atoms with Crippen LogP contribution in [0.25, 0.3) is 0 Å². The number of carbonyl (C=O) groups is 2. The minimum atomic E-state index is -0.513. The van der Waals surface area contributed by atoms with E-state index in [2.05, 4.69) is 10.5 Å². The van der Waals surface area contributed by atoms with Gasteiger partial charge in [0.2, 0.25) is 0 Å². The van der Waals surface area contributed by atoms with E-state index in [1.807, 2.05) is 13.8 Å². The van der Waals surface area contributed by atoms with Gasteiger partial charge in [0, 0.05) is 5.56 Å². The average Bonchev–Trinajstić information content (AvgIpc) is 2.89. The lowest BCUT2D eigenvalue weighted by atomic mass is 10.2. The topological polar surface area (TPSA) is 95.5 Å². The van der Waals surface area contributed by atoms with E-state index in [0.717, 1.165) is 6.42 Å². The minimum Gasteiger partial charge on any atom is -0.497 e. The highest BCUT2D eigenvalue weighted by molar-refractivity contribution is 5.95. The molecule has 0 heterocycles. The fourth-order valence-electron chi connectivity index (χ4n) is 3.00. The summed E-state index contributed by atoms with van der Waals surface area (Å²) < 4.78 is 21.8. The molecule has 8 heteroatoms. The predicted molar refractivity (Wildman–Crippen MR) is 133 cm³/mol. The molecule has 3 rings (SSSR count). The molecule has 0 fully saturated rings. The summed E-state index contributed by atoms with van der Waals surface area (Å²) in [5, 5.41) is 4.00. The van der Waals surface area contributed by atoms with Crippen molar-refractivity contribution < 1.29 is 28.5 Å². The van der Waals surface area contributed by atoms with E-state index in [4.69, 9.17) is 18.9 Å². The number of methoxy groups -OCH3 is 1. The van der Waals surface area contributed by atoms with Crippen molar-refractivity contribution in [3.8, 4) is 23.0 Å². The zero-order chi connectivity index (χ0) is 25.0. The number of esters is 1. The number of nitrogens with one attached hydrogen (secondary N) is 1. The van der Waals surface area contributed by atoms with Crippen molar-refractivity contribution >= 4 is 18.1 Å². The van der Waals surface area contributed by atoms with Crippen molar-refractivity contribution in [3.05, 3.63) is 83.4 Å². The Morgan fingerprint density at radius 3 is 2.20 bits per heavy atom. The Hall–Kier alpha value is -4.33. The number of hydrogen-bond acceptors (Lipinski definition) is 7. The maximum atomic E-state index is 12.6. The Morgan fingerprint density at radius 1 is 0.857 bits per heavy atom. The fraction of sp³-hybridized carbons (Fsp3) is 0.222. The summed E-state index contributed by atoms with van der Waals surface area (Å²) in [6.45, 7) is 4.85. The number of rotatable bonds is 11. The molecule has 0 radical (unpaired) electrons. The van der Waals surface area contributed by atoms with Gasteiger partial charge < -0.3 is 18.9 Å². The summed E-state index contributed by atoms with van der Waals surface area (Å²) in [7, 11) is 1.56. The zero-order valence-electron chi connectivity index (χ0n) is 19.9. The Kier molecular flexibility index (Phi) is 9.24. The van der Waals surface area contributed by atoms with Crippen molar-refractivity contribution in [3.63, 3.8) is 0 Å². The molecule has 0 aliphatic rings. The SMILES string of the molecule is CCCOc1ccc(C(=O)Oc2ccc(C=NNC(=O)c3ccc(OC)cc3)cc2OCC)cc1. The fourth-order valence-corrected chi connectivity index (χ4v) is 3.00. The third-order valence-electron chi connectivity index (χ3n) is 4.77. The normalized spacial score (nSPS) is 10.6. The lowest BCUT2D eigenvalue weighted by Gasteiger charge is -2.12. The van der Waals surface area contributed by atoms with E-state index in [9.17, 15) is 9.59 Å². The van der Waals surface area contributed by atoms with Crippen LogP contribution in [-0.2, 0) is 0 Å². The third-order valence-corrected chi connectivity index (χ3v) is 4.77. The molecule has 0 aliphatic heterocycles. The number of carbonyl (C=O) groups excluding carboxylic acids is 2. The van der Waals surface area contributed by atoms with E-state index < -0.39 is 5.97 Å². The van der Waals surface area contributed by atoms with Gasteiger partial charge in [-0.05, 0) is 85.6 Å². The van der Waals surface area contributed by atoms with Gasteiger partial charge in [-0.15, -0.1) is 0 Å². The van der Waals surface area contributed by atoms with Crippen molar-refractivity contribution in [1.82, 2.24) is 5.43 Å². The lowest BCUT2D eigenvalue weighted by molar-refractivity contribution is 0.0728. The van der Waals surface area contributed by atoms with Crippen molar-refractivity contribution in [2.75, 3.05) is 20.3 Å². The van der Waals surface area contributed by atoms with Gasteiger partial charge in [-0.25, -0.2) is 10.2 Å². The molecule has 1 N–H and O–H groups in total. The number of ether oxygens (including phenoxy) is 4. The second-order valence-corrected chi connectivity index (χ2v) is 7.33. The molecular weight excluding hydrogens is 448 g/mol. The van der Waals surface area contributed by atoms with Crippen molar-refractivity contribution in [2.45, 2.75) is 20.3 Å². The van der Waals surface area contributed by atoms with Gasteiger partial charge in [-0.1, -0.05) is 6.92 Å². The van der Waals surface area contributed by atoms with Crippen molar-refractivity contribution in [2.24, 2.45) is 5.10 Å². The Bertz CT molecular complexity index is 1160. The van der Waals surface area contributed by atoms with Gasteiger partial charge >= 0.3 is 5.97 Å².